The van der Waals surface area contributed by atoms with Crippen LogP contribution in [0.4, 0.5) is 10.1 Å². The van der Waals surface area contributed by atoms with E-state index in [9.17, 15) is 19.3 Å². The van der Waals surface area contributed by atoms with E-state index < -0.39 is 22.4 Å². The number of nitrogens with zero attached hydrogens (tertiary/aromatic N) is 2. The number of aromatic nitrogens is 1. The molecule has 0 aliphatic carbocycles. The zero-order valence-electron chi connectivity index (χ0n) is 10.3. The van der Waals surface area contributed by atoms with Crippen molar-refractivity contribution in [3.05, 3.63) is 44.2 Å². The van der Waals surface area contributed by atoms with Crippen LogP contribution in [0.1, 0.15) is 9.67 Å². The van der Waals surface area contributed by atoms with E-state index in [1.54, 1.807) is 0 Å². The van der Waals surface area contributed by atoms with E-state index >= 15 is 0 Å². The van der Waals surface area contributed by atoms with E-state index in [1.165, 1.54) is 13.2 Å². The van der Waals surface area contributed by atoms with Gasteiger partial charge in [0.15, 0.2) is 10.0 Å². The lowest BCUT2D eigenvalue weighted by atomic mass is 10.3. The lowest BCUT2D eigenvalue weighted by Crippen LogP contribution is -1.98. The minimum atomic E-state index is -1.05. The molecule has 0 fully saturated rings. The molecule has 0 radical (unpaired) electrons. The Balaban J connectivity index is 2.25. The molecule has 0 amide bonds. The highest BCUT2D eigenvalue weighted by atomic mass is 35.5. The first kappa shape index (κ1) is 15.1. The molecule has 0 N–H and O–H groups in total. The summed E-state index contributed by atoms with van der Waals surface area (Å²) >= 11 is 6.55. The van der Waals surface area contributed by atoms with E-state index in [4.69, 9.17) is 16.3 Å². The number of methoxy groups -OCH3 is 1. The Hall–Kier alpha value is -2.26. The summed E-state index contributed by atoms with van der Waals surface area (Å²) in [7, 11) is 1.19. The Bertz CT molecular complexity index is 721. The van der Waals surface area contributed by atoms with Gasteiger partial charge in [-0.2, -0.15) is 9.37 Å². The minimum absolute atomic E-state index is 0.0140. The van der Waals surface area contributed by atoms with Crippen molar-refractivity contribution in [3.8, 4) is 10.9 Å². The number of hydrogen-bond donors (Lipinski definition) is 0. The van der Waals surface area contributed by atoms with E-state index in [1.807, 2.05) is 0 Å². The lowest BCUT2D eigenvalue weighted by Gasteiger charge is -2.01. The number of nitro groups is 1. The Labute approximate surface area is 126 Å². The normalized spacial score (nSPS) is 10.2. The first-order valence-electron chi connectivity index (χ1n) is 5.28. The van der Waals surface area contributed by atoms with Gasteiger partial charge in [0, 0.05) is 12.1 Å². The van der Waals surface area contributed by atoms with E-state index in [-0.39, 0.29) is 21.0 Å². The third-order valence-corrected chi connectivity index (χ3v) is 3.56. The van der Waals surface area contributed by atoms with E-state index in [0.717, 1.165) is 23.5 Å². The van der Waals surface area contributed by atoms with Gasteiger partial charge in [-0.05, 0) is 6.07 Å². The lowest BCUT2D eigenvalue weighted by molar-refractivity contribution is -0.387. The molecule has 2 aromatic rings. The van der Waals surface area contributed by atoms with Crippen molar-refractivity contribution in [2.75, 3.05) is 7.11 Å². The van der Waals surface area contributed by atoms with Crippen LogP contribution in [0.15, 0.2) is 18.2 Å². The van der Waals surface area contributed by atoms with Gasteiger partial charge < -0.3 is 9.47 Å². The number of hydrogen-bond acceptors (Lipinski definition) is 7. The fourth-order valence-electron chi connectivity index (χ4n) is 1.35. The van der Waals surface area contributed by atoms with Gasteiger partial charge in [-0.25, -0.2) is 4.79 Å². The maximum Gasteiger partial charge on any atom is 0.351 e. The number of halogens is 2. The summed E-state index contributed by atoms with van der Waals surface area (Å²) in [5.41, 5.74) is -0.672. The second-order valence-corrected chi connectivity index (χ2v) is 4.88. The van der Waals surface area contributed by atoms with Crippen LogP contribution in [-0.2, 0) is 4.74 Å². The zero-order valence-corrected chi connectivity index (χ0v) is 11.9. The molecule has 10 heteroatoms. The summed E-state index contributed by atoms with van der Waals surface area (Å²) in [5, 5.41) is 10.4. The van der Waals surface area contributed by atoms with Crippen molar-refractivity contribution in [3.63, 3.8) is 0 Å². The summed E-state index contributed by atoms with van der Waals surface area (Å²) in [6.07, 6.45) is 0. The molecule has 1 aromatic heterocycles. The molecule has 0 spiro atoms. The van der Waals surface area contributed by atoms with Crippen molar-refractivity contribution in [1.29, 1.82) is 0 Å². The highest BCUT2D eigenvalue weighted by Gasteiger charge is 2.20. The fourth-order valence-corrected chi connectivity index (χ4v) is 2.41. The van der Waals surface area contributed by atoms with Crippen molar-refractivity contribution >= 4 is 34.6 Å². The number of thiazole rings is 1. The first-order chi connectivity index (χ1) is 9.92. The number of ether oxygens (including phenoxy) is 2. The maximum atomic E-state index is 13.4. The second kappa shape index (κ2) is 6.02. The van der Waals surface area contributed by atoms with Gasteiger partial charge in [0.2, 0.25) is 5.82 Å². The quantitative estimate of drug-likeness (QED) is 0.484. The molecule has 21 heavy (non-hydrogen) atoms. The molecule has 0 aliphatic rings. The standard InChI is InChI=1S/C11H6ClFN2O5S/c1-19-10(16)8-9(12)14-11(21-8)20-5-2-3-7(15(17)18)6(13)4-5/h2-4H,1H3. The van der Waals surface area contributed by atoms with Gasteiger partial charge in [-0.3, -0.25) is 10.1 Å². The van der Waals surface area contributed by atoms with Crippen LogP contribution in [0.3, 0.4) is 0 Å². The minimum Gasteiger partial charge on any atom is -0.465 e. The summed E-state index contributed by atoms with van der Waals surface area (Å²) in [4.78, 5) is 24.8. The molecule has 0 atom stereocenters. The van der Waals surface area contributed by atoms with Gasteiger partial charge in [0.25, 0.3) is 5.19 Å². The molecule has 0 saturated carbocycles. The van der Waals surface area contributed by atoms with Crippen LogP contribution in [0.25, 0.3) is 0 Å². The SMILES string of the molecule is COC(=O)c1sc(Oc2ccc([N+](=O)[O-])c(F)c2)nc1Cl. The fraction of sp³-hybridized carbons (Fsp3) is 0.0909. The molecule has 0 unspecified atom stereocenters. The highest BCUT2D eigenvalue weighted by Crippen LogP contribution is 2.33. The molecule has 1 heterocycles. The van der Waals surface area contributed by atoms with Crippen LogP contribution in [0.2, 0.25) is 5.15 Å². The van der Waals surface area contributed by atoms with Gasteiger partial charge in [-0.15, -0.1) is 0 Å². The van der Waals surface area contributed by atoms with Crippen molar-refractivity contribution in [2.45, 2.75) is 0 Å². The van der Waals surface area contributed by atoms with Gasteiger partial charge >= 0.3 is 11.7 Å². The number of nitro benzene ring substituents is 1. The Morgan fingerprint density at radius 1 is 1.52 bits per heavy atom. The van der Waals surface area contributed by atoms with E-state index in [0.29, 0.717) is 0 Å². The second-order valence-electron chi connectivity index (χ2n) is 3.56. The van der Waals surface area contributed by atoms with Crippen LogP contribution < -0.4 is 4.74 Å². The molecule has 1 aromatic carbocycles. The predicted octanol–water partition coefficient (Wildman–Crippen LogP) is 3.42. The van der Waals surface area contributed by atoms with Crippen LogP contribution in [0.5, 0.6) is 10.9 Å². The number of carbonyl (C=O) groups excluding carboxylic acids is 1. The van der Waals surface area contributed by atoms with Gasteiger partial charge in [0.1, 0.15) is 5.75 Å². The molecular formula is C11H6ClFN2O5S. The molecular weight excluding hydrogens is 327 g/mol. The highest BCUT2D eigenvalue weighted by molar-refractivity contribution is 7.15. The molecule has 7 nitrogen and oxygen atoms in total. The zero-order chi connectivity index (χ0) is 15.6. The Morgan fingerprint density at radius 2 is 2.24 bits per heavy atom. The molecule has 0 saturated heterocycles. The first-order valence-corrected chi connectivity index (χ1v) is 6.48. The van der Waals surface area contributed by atoms with Gasteiger partial charge in [0.05, 0.1) is 12.0 Å². The van der Waals surface area contributed by atoms with Crippen molar-refractivity contribution in [1.82, 2.24) is 4.98 Å². The molecule has 0 bridgehead atoms. The molecule has 2 rings (SSSR count). The third kappa shape index (κ3) is 3.26. The number of carbonyl (C=O) groups is 1. The number of esters is 1. The molecule has 110 valence electrons. The van der Waals surface area contributed by atoms with Gasteiger partial charge in [-0.1, -0.05) is 22.9 Å². The average Bonchev–Trinajstić information content (AvgIpc) is 2.78. The van der Waals surface area contributed by atoms with Crippen molar-refractivity contribution in [2.24, 2.45) is 0 Å². The number of rotatable bonds is 4. The van der Waals surface area contributed by atoms with E-state index in [2.05, 4.69) is 9.72 Å². The predicted molar refractivity (Wildman–Crippen MR) is 71.6 cm³/mol. The summed E-state index contributed by atoms with van der Waals surface area (Å²) in [6.45, 7) is 0. The Morgan fingerprint density at radius 3 is 2.81 bits per heavy atom. The molecule has 0 aliphatic heterocycles. The van der Waals surface area contributed by atoms with Crippen LogP contribution in [-0.4, -0.2) is 23.0 Å². The summed E-state index contributed by atoms with van der Waals surface area (Å²) < 4.78 is 23.1. The Kier molecular flexibility index (Phi) is 4.34. The largest absolute Gasteiger partial charge is 0.465 e. The van der Waals surface area contributed by atoms with Crippen molar-refractivity contribution < 1.29 is 23.6 Å². The van der Waals surface area contributed by atoms with Crippen LogP contribution in [0, 0.1) is 15.9 Å². The topological polar surface area (TPSA) is 91.6 Å². The third-order valence-electron chi connectivity index (χ3n) is 2.26. The smallest absolute Gasteiger partial charge is 0.351 e. The summed E-state index contributed by atoms with van der Waals surface area (Å²) in [6, 6.07) is 3.00. The average molecular weight is 333 g/mol. The monoisotopic (exact) mass is 332 g/mol. The maximum absolute atomic E-state index is 13.4. The number of benzene rings is 1. The van der Waals surface area contributed by atoms with Crippen LogP contribution >= 0.6 is 22.9 Å². The summed E-state index contributed by atoms with van der Waals surface area (Å²) in [5.74, 6) is -1.74.